The smallest absolute Gasteiger partial charge is 0.0547 e. The van der Waals surface area contributed by atoms with Crippen molar-refractivity contribution in [1.29, 1.82) is 0 Å². The largest absolute Gasteiger partial charge is 0.354 e. The lowest BCUT2D eigenvalue weighted by Crippen LogP contribution is -1.97. The molecule has 0 aliphatic rings. The fourth-order valence-electron chi connectivity index (χ4n) is 6.55. The van der Waals surface area contributed by atoms with Crippen molar-refractivity contribution in [3.63, 3.8) is 0 Å². The Bertz CT molecular complexity index is 2340. The van der Waals surface area contributed by atoms with Crippen LogP contribution in [-0.2, 0) is 0 Å². The van der Waals surface area contributed by atoms with Crippen LogP contribution in [0.5, 0.6) is 0 Å². The monoisotopic (exact) mass is 554 g/mol. The van der Waals surface area contributed by atoms with Crippen molar-refractivity contribution in [2.75, 3.05) is 0 Å². The van der Waals surface area contributed by atoms with E-state index in [1.807, 2.05) is 19.9 Å². The molecule has 0 bridgehead atoms. The molecule has 2 aromatic heterocycles. The number of allylic oxidation sites excluding steroid dienone is 1. The van der Waals surface area contributed by atoms with E-state index in [0.29, 0.717) is 0 Å². The predicted octanol–water partition coefficient (Wildman–Crippen LogP) is 11.9. The highest BCUT2D eigenvalue weighted by molar-refractivity contribution is 6.21. The van der Waals surface area contributed by atoms with Crippen LogP contribution in [0.15, 0.2) is 128 Å². The number of benzene rings is 6. The maximum Gasteiger partial charge on any atom is 0.0547 e. The van der Waals surface area contributed by atoms with Crippen LogP contribution in [0.25, 0.3) is 83.2 Å². The van der Waals surface area contributed by atoms with Gasteiger partial charge in [0.15, 0.2) is 0 Å². The molecule has 0 aliphatic heterocycles. The summed E-state index contributed by atoms with van der Waals surface area (Å²) < 4.78 is 2.38. The van der Waals surface area contributed by atoms with Crippen molar-refractivity contribution in [3.05, 3.63) is 139 Å². The van der Waals surface area contributed by atoms with Crippen LogP contribution in [0, 0.1) is 0 Å². The van der Waals surface area contributed by atoms with Gasteiger partial charge in [-0.2, -0.15) is 0 Å². The molecule has 43 heavy (non-hydrogen) atoms. The zero-order valence-electron chi connectivity index (χ0n) is 24.9. The summed E-state index contributed by atoms with van der Waals surface area (Å²) in [5.74, 6) is 0. The van der Waals surface area contributed by atoms with Crippen molar-refractivity contribution in [2.24, 2.45) is 0 Å². The van der Waals surface area contributed by atoms with Gasteiger partial charge in [0, 0.05) is 38.3 Å². The lowest BCUT2D eigenvalue weighted by molar-refractivity contribution is 1.11. The zero-order valence-corrected chi connectivity index (χ0v) is 24.9. The molecule has 208 valence electrons. The number of H-pyrrole nitrogens is 1. The topological polar surface area (TPSA) is 20.7 Å². The first-order valence-corrected chi connectivity index (χ1v) is 15.1. The molecule has 8 aromatic rings. The second kappa shape index (κ2) is 10.8. The molecule has 0 saturated heterocycles. The molecule has 2 nitrogen and oxygen atoms in total. The maximum absolute atomic E-state index is 4.21. The molecule has 1 N–H and O–H groups in total. The van der Waals surface area contributed by atoms with Crippen LogP contribution in [0.3, 0.4) is 0 Å². The van der Waals surface area contributed by atoms with Crippen LogP contribution in [0.4, 0.5) is 0 Å². The highest BCUT2D eigenvalue weighted by Gasteiger charge is 2.18. The first-order chi connectivity index (χ1) is 21.2. The summed E-state index contributed by atoms with van der Waals surface area (Å²) in [6.07, 6.45) is 6.29. The van der Waals surface area contributed by atoms with Gasteiger partial charge in [-0.05, 0) is 70.6 Å². The Hall–Kier alpha value is -5.34. The Kier molecular flexibility index (Phi) is 6.68. The highest BCUT2D eigenvalue weighted by atomic mass is 15.0. The Morgan fingerprint density at radius 3 is 2.16 bits per heavy atom. The minimum atomic E-state index is 1.14. The predicted molar refractivity (Wildman–Crippen MR) is 189 cm³/mol. The number of nitrogens with zero attached hydrogens (tertiary/aromatic N) is 1. The molecule has 0 amide bonds. The molecule has 0 fully saturated rings. The summed E-state index contributed by atoms with van der Waals surface area (Å²) in [6, 6.07) is 41.8. The van der Waals surface area contributed by atoms with Gasteiger partial charge in [0.2, 0.25) is 0 Å². The second-order valence-corrected chi connectivity index (χ2v) is 10.7. The van der Waals surface area contributed by atoms with Crippen molar-refractivity contribution < 1.29 is 0 Å². The van der Waals surface area contributed by atoms with Crippen molar-refractivity contribution in [3.8, 4) is 16.8 Å². The first-order valence-electron chi connectivity index (χ1n) is 15.1. The summed E-state index contributed by atoms with van der Waals surface area (Å²) >= 11 is 0. The van der Waals surface area contributed by atoms with Crippen LogP contribution in [0.1, 0.15) is 32.0 Å². The van der Waals surface area contributed by atoms with Crippen molar-refractivity contribution in [2.45, 2.75) is 20.8 Å². The quantitative estimate of drug-likeness (QED) is 0.223. The minimum absolute atomic E-state index is 1.14. The minimum Gasteiger partial charge on any atom is -0.354 e. The molecule has 0 unspecified atom stereocenters. The Balaban J connectivity index is 0.00000147. The van der Waals surface area contributed by atoms with Gasteiger partial charge in [0.05, 0.1) is 16.7 Å². The summed E-state index contributed by atoms with van der Waals surface area (Å²) in [7, 11) is 0. The van der Waals surface area contributed by atoms with Crippen LogP contribution in [-0.4, -0.2) is 9.55 Å². The van der Waals surface area contributed by atoms with E-state index in [0.717, 1.165) is 22.5 Å². The van der Waals surface area contributed by atoms with Crippen molar-refractivity contribution >= 4 is 66.4 Å². The Morgan fingerprint density at radius 1 is 0.651 bits per heavy atom. The molecule has 8 rings (SSSR count). The lowest BCUT2D eigenvalue weighted by Gasteiger charge is -2.13. The molecular formula is C41H34N2. The third-order valence-electron chi connectivity index (χ3n) is 8.40. The summed E-state index contributed by atoms with van der Waals surface area (Å²) in [5, 5.41) is 8.64. The van der Waals surface area contributed by atoms with Gasteiger partial charge in [0.25, 0.3) is 0 Å². The van der Waals surface area contributed by atoms with Gasteiger partial charge in [-0.3, -0.25) is 0 Å². The number of nitrogens with one attached hydrogen (secondary N) is 1. The summed E-state index contributed by atoms with van der Waals surface area (Å²) in [4.78, 5) is 3.68. The van der Waals surface area contributed by atoms with Crippen LogP contribution >= 0.6 is 0 Å². The lowest BCUT2D eigenvalue weighted by atomic mass is 9.94. The average Bonchev–Trinajstić information content (AvgIpc) is 3.60. The standard InChI is InChI=1S/C39H28N2.C2H6/c1-3-11-37-29(4-2)32-21-19-27(23-38(32)41(37)28-20-18-25-12-5-6-13-26(25)22-28)34-24-35-31-15-9-10-17-36(31)40-39(35)33-16-8-7-14-30(33)34;1-2/h3-24,40H,2H2,1H3;1-2H3/b11-3-;. The zero-order chi connectivity index (χ0) is 29.5. The molecule has 2 heterocycles. The fraction of sp³-hybridized carbons (Fsp3) is 0.0732. The number of aromatic amines is 1. The van der Waals surface area contributed by atoms with E-state index in [4.69, 9.17) is 0 Å². The molecule has 6 aromatic carbocycles. The molecule has 0 spiro atoms. The maximum atomic E-state index is 4.21. The average molecular weight is 555 g/mol. The van der Waals surface area contributed by atoms with E-state index in [-0.39, 0.29) is 0 Å². The van der Waals surface area contributed by atoms with Crippen LogP contribution in [0.2, 0.25) is 0 Å². The molecular weight excluding hydrogens is 520 g/mol. The molecule has 2 heteroatoms. The summed E-state index contributed by atoms with van der Waals surface area (Å²) in [5.41, 5.74) is 9.39. The number of hydrogen-bond donors (Lipinski definition) is 1. The molecule has 0 radical (unpaired) electrons. The highest BCUT2D eigenvalue weighted by Crippen LogP contribution is 2.40. The van der Waals surface area contributed by atoms with Gasteiger partial charge < -0.3 is 9.55 Å². The van der Waals surface area contributed by atoms with Crippen LogP contribution < -0.4 is 0 Å². The molecule has 0 saturated carbocycles. The van der Waals surface area contributed by atoms with E-state index in [2.05, 4.69) is 150 Å². The van der Waals surface area contributed by atoms with E-state index < -0.39 is 0 Å². The SMILES string of the molecule is C=Cc1c(/C=C\C)n(-c2ccc3ccccc3c2)c2cc(-c3cc4c5ccccc5[nH]c4c4ccccc34)ccc12.CC. The summed E-state index contributed by atoms with van der Waals surface area (Å²) in [6.45, 7) is 10.3. The second-order valence-electron chi connectivity index (χ2n) is 10.7. The first kappa shape index (κ1) is 26.6. The van der Waals surface area contributed by atoms with Gasteiger partial charge >= 0.3 is 0 Å². The number of fused-ring (bicyclic) bond motifs is 7. The Morgan fingerprint density at radius 2 is 1.37 bits per heavy atom. The number of aromatic nitrogens is 2. The number of hydrogen-bond acceptors (Lipinski definition) is 0. The molecule has 0 atom stereocenters. The number of rotatable bonds is 4. The Labute approximate surface area is 252 Å². The van der Waals surface area contributed by atoms with E-state index in [9.17, 15) is 0 Å². The van der Waals surface area contributed by atoms with E-state index >= 15 is 0 Å². The van der Waals surface area contributed by atoms with E-state index in [1.165, 1.54) is 59.9 Å². The molecule has 0 aliphatic carbocycles. The van der Waals surface area contributed by atoms with Gasteiger partial charge in [0.1, 0.15) is 0 Å². The van der Waals surface area contributed by atoms with Crippen molar-refractivity contribution in [1.82, 2.24) is 9.55 Å². The van der Waals surface area contributed by atoms with Gasteiger partial charge in [-0.15, -0.1) is 0 Å². The third kappa shape index (κ3) is 4.18. The normalized spacial score (nSPS) is 11.6. The van der Waals surface area contributed by atoms with Gasteiger partial charge in [-0.1, -0.05) is 118 Å². The number of para-hydroxylation sites is 1. The van der Waals surface area contributed by atoms with E-state index in [1.54, 1.807) is 0 Å². The third-order valence-corrected chi connectivity index (χ3v) is 8.40. The fourth-order valence-corrected chi connectivity index (χ4v) is 6.55. The van der Waals surface area contributed by atoms with Gasteiger partial charge in [-0.25, -0.2) is 0 Å².